The van der Waals surface area contributed by atoms with Gasteiger partial charge in [0.15, 0.2) is 0 Å². The summed E-state index contributed by atoms with van der Waals surface area (Å²) in [4.78, 5) is 0. The smallest absolute Gasteiger partial charge is 0.213 e. The van der Waals surface area contributed by atoms with Crippen molar-refractivity contribution in [2.24, 2.45) is 5.10 Å². The van der Waals surface area contributed by atoms with E-state index in [1.165, 1.54) is 5.56 Å². The maximum absolute atomic E-state index is 6.44. The minimum atomic E-state index is -0.246. The van der Waals surface area contributed by atoms with Crippen molar-refractivity contribution in [2.75, 3.05) is 6.61 Å². The number of hydrogen-bond donors (Lipinski definition) is 0. The number of nitrogens with zero attached hydrogens (tertiary/aromatic N) is 2. The SMILES string of the molecule is CCOc1ccc(C2=NN3[C@H](C2)c2cc(Br)ccc2O[C@@H]3c2ccc(C)cc2)cc1. The second-order valence-corrected chi connectivity index (χ2v) is 8.58. The fourth-order valence-corrected chi connectivity index (χ4v) is 4.47. The van der Waals surface area contributed by atoms with E-state index in [0.29, 0.717) is 6.61 Å². The fraction of sp³-hybridized carbons (Fsp3) is 0.240. The quantitative estimate of drug-likeness (QED) is 0.449. The van der Waals surface area contributed by atoms with Crippen LogP contribution in [0.2, 0.25) is 0 Å². The van der Waals surface area contributed by atoms with Gasteiger partial charge < -0.3 is 9.47 Å². The molecule has 0 bridgehead atoms. The Balaban J connectivity index is 1.54. The van der Waals surface area contributed by atoms with E-state index in [1.54, 1.807) is 0 Å². The highest BCUT2D eigenvalue weighted by Gasteiger charge is 2.41. The van der Waals surface area contributed by atoms with Crippen molar-refractivity contribution in [2.45, 2.75) is 32.5 Å². The number of rotatable bonds is 4. The summed E-state index contributed by atoms with van der Waals surface area (Å²) in [6, 6.07) is 23.1. The van der Waals surface area contributed by atoms with E-state index in [1.807, 2.05) is 31.2 Å². The van der Waals surface area contributed by atoms with Crippen molar-refractivity contribution < 1.29 is 9.47 Å². The van der Waals surface area contributed by atoms with Gasteiger partial charge in [0, 0.05) is 22.0 Å². The van der Waals surface area contributed by atoms with Gasteiger partial charge >= 0.3 is 0 Å². The van der Waals surface area contributed by atoms with Crippen molar-refractivity contribution in [1.82, 2.24) is 5.01 Å². The molecule has 3 aromatic rings. The highest BCUT2D eigenvalue weighted by molar-refractivity contribution is 9.10. The Morgan fingerprint density at radius 2 is 1.83 bits per heavy atom. The van der Waals surface area contributed by atoms with Gasteiger partial charge in [-0.05, 0) is 61.9 Å². The summed E-state index contributed by atoms with van der Waals surface area (Å²) in [7, 11) is 0. The van der Waals surface area contributed by atoms with Crippen LogP contribution in [0.3, 0.4) is 0 Å². The van der Waals surface area contributed by atoms with Crippen LogP contribution in [0.4, 0.5) is 0 Å². The van der Waals surface area contributed by atoms with Crippen LogP contribution in [0.25, 0.3) is 0 Å². The van der Waals surface area contributed by atoms with Gasteiger partial charge in [-0.25, -0.2) is 5.01 Å². The molecule has 30 heavy (non-hydrogen) atoms. The summed E-state index contributed by atoms with van der Waals surface area (Å²) in [5, 5.41) is 7.15. The lowest BCUT2D eigenvalue weighted by Crippen LogP contribution is -2.33. The van der Waals surface area contributed by atoms with Crippen LogP contribution in [0, 0.1) is 6.92 Å². The Morgan fingerprint density at radius 3 is 2.57 bits per heavy atom. The largest absolute Gasteiger partial charge is 0.494 e. The first-order valence-electron chi connectivity index (χ1n) is 10.2. The average Bonchev–Trinajstić information content (AvgIpc) is 3.21. The summed E-state index contributed by atoms with van der Waals surface area (Å²) in [5.74, 6) is 1.81. The standard InChI is InChI=1S/C25H23BrN2O2/c1-3-29-20-11-8-17(9-12-20)22-15-23-21-14-19(26)10-13-24(21)30-25(28(23)27-22)18-6-4-16(2)5-7-18/h4-14,23,25H,3,15H2,1-2H3/t23-,25-/m1/s1. The van der Waals surface area contributed by atoms with Gasteiger partial charge in [-0.2, -0.15) is 5.10 Å². The van der Waals surface area contributed by atoms with Crippen LogP contribution in [-0.2, 0) is 0 Å². The maximum Gasteiger partial charge on any atom is 0.213 e. The average molecular weight is 463 g/mol. The van der Waals surface area contributed by atoms with E-state index in [-0.39, 0.29) is 12.3 Å². The predicted octanol–water partition coefficient (Wildman–Crippen LogP) is 6.40. The number of aryl methyl sites for hydroxylation is 1. The van der Waals surface area contributed by atoms with E-state index >= 15 is 0 Å². The first kappa shape index (κ1) is 19.2. The molecule has 2 heterocycles. The second kappa shape index (κ2) is 7.80. The third-order valence-corrected chi connectivity index (χ3v) is 6.11. The van der Waals surface area contributed by atoms with Crippen LogP contribution in [0.5, 0.6) is 11.5 Å². The van der Waals surface area contributed by atoms with Crippen LogP contribution in [0.15, 0.2) is 76.3 Å². The van der Waals surface area contributed by atoms with Gasteiger partial charge in [0.1, 0.15) is 11.5 Å². The van der Waals surface area contributed by atoms with E-state index in [2.05, 4.69) is 70.3 Å². The number of benzene rings is 3. The molecule has 2 aliphatic rings. The molecule has 4 nitrogen and oxygen atoms in total. The molecule has 2 atom stereocenters. The second-order valence-electron chi connectivity index (χ2n) is 7.67. The summed E-state index contributed by atoms with van der Waals surface area (Å²) >= 11 is 3.61. The molecule has 0 radical (unpaired) electrons. The number of fused-ring (bicyclic) bond motifs is 3. The van der Waals surface area contributed by atoms with Gasteiger partial charge in [-0.1, -0.05) is 45.8 Å². The summed E-state index contributed by atoms with van der Waals surface area (Å²) in [6.07, 6.45) is 0.591. The molecule has 0 fully saturated rings. The van der Waals surface area contributed by atoms with Gasteiger partial charge in [0.25, 0.3) is 0 Å². The minimum absolute atomic E-state index is 0.138. The molecule has 0 unspecified atom stereocenters. The highest BCUT2D eigenvalue weighted by Crippen LogP contribution is 2.48. The van der Waals surface area contributed by atoms with Crippen molar-refractivity contribution in [3.05, 3.63) is 93.5 Å². The molecule has 152 valence electrons. The van der Waals surface area contributed by atoms with Crippen molar-refractivity contribution in [3.8, 4) is 11.5 Å². The summed E-state index contributed by atoms with van der Waals surface area (Å²) < 4.78 is 13.1. The summed E-state index contributed by atoms with van der Waals surface area (Å²) in [6.45, 7) is 4.75. The number of halogens is 1. The van der Waals surface area contributed by atoms with E-state index < -0.39 is 0 Å². The third-order valence-electron chi connectivity index (χ3n) is 5.61. The number of ether oxygens (including phenoxy) is 2. The molecule has 5 rings (SSSR count). The molecule has 5 heteroatoms. The molecule has 0 aromatic heterocycles. The van der Waals surface area contributed by atoms with Gasteiger partial charge in [0.05, 0.1) is 18.4 Å². The molecule has 0 aliphatic carbocycles. The Morgan fingerprint density at radius 1 is 1.07 bits per heavy atom. The number of hydrazone groups is 1. The molecule has 0 N–H and O–H groups in total. The zero-order valence-electron chi connectivity index (χ0n) is 17.0. The Labute approximate surface area is 185 Å². The first-order valence-corrected chi connectivity index (χ1v) is 11.0. The van der Waals surface area contributed by atoms with Crippen LogP contribution < -0.4 is 9.47 Å². The minimum Gasteiger partial charge on any atom is -0.494 e. The lowest BCUT2D eigenvalue weighted by atomic mass is 9.96. The van der Waals surface area contributed by atoms with Crippen LogP contribution in [0.1, 0.15) is 47.9 Å². The van der Waals surface area contributed by atoms with E-state index in [0.717, 1.165) is 44.8 Å². The van der Waals surface area contributed by atoms with Crippen molar-refractivity contribution >= 4 is 21.6 Å². The van der Waals surface area contributed by atoms with E-state index in [9.17, 15) is 0 Å². The lowest BCUT2D eigenvalue weighted by molar-refractivity contribution is -0.0190. The van der Waals surface area contributed by atoms with Gasteiger partial charge in [-0.15, -0.1) is 0 Å². The molecule has 2 aliphatic heterocycles. The molecule has 0 spiro atoms. The van der Waals surface area contributed by atoms with Crippen molar-refractivity contribution in [3.63, 3.8) is 0 Å². The zero-order chi connectivity index (χ0) is 20.7. The zero-order valence-corrected chi connectivity index (χ0v) is 18.6. The van der Waals surface area contributed by atoms with Crippen molar-refractivity contribution in [1.29, 1.82) is 0 Å². The Kier molecular flexibility index (Phi) is 4.99. The first-order chi connectivity index (χ1) is 14.6. The number of hydrogen-bond acceptors (Lipinski definition) is 4. The lowest BCUT2D eigenvalue weighted by Gasteiger charge is -2.38. The fourth-order valence-electron chi connectivity index (χ4n) is 4.09. The maximum atomic E-state index is 6.44. The molecule has 0 saturated carbocycles. The predicted molar refractivity (Wildman–Crippen MR) is 122 cm³/mol. The van der Waals surface area contributed by atoms with Gasteiger partial charge in [-0.3, -0.25) is 0 Å². The molecule has 3 aromatic carbocycles. The molecule has 0 saturated heterocycles. The Hall–Kier alpha value is -2.79. The van der Waals surface area contributed by atoms with Crippen LogP contribution >= 0.6 is 15.9 Å². The third kappa shape index (κ3) is 3.47. The van der Waals surface area contributed by atoms with Gasteiger partial charge in [0.2, 0.25) is 6.23 Å². The Bertz CT molecular complexity index is 1090. The topological polar surface area (TPSA) is 34.1 Å². The molecule has 0 amide bonds. The molecular weight excluding hydrogens is 440 g/mol. The van der Waals surface area contributed by atoms with Crippen LogP contribution in [-0.4, -0.2) is 17.3 Å². The normalized spacial score (nSPS) is 19.6. The summed E-state index contributed by atoms with van der Waals surface area (Å²) in [5.41, 5.74) is 5.69. The monoisotopic (exact) mass is 462 g/mol. The highest BCUT2D eigenvalue weighted by atomic mass is 79.9. The molecular formula is C25H23BrN2O2. The van der Waals surface area contributed by atoms with E-state index in [4.69, 9.17) is 14.6 Å².